The molecule has 0 aliphatic carbocycles. The van der Waals surface area contributed by atoms with E-state index < -0.39 is 30.7 Å². The van der Waals surface area contributed by atoms with Crippen molar-refractivity contribution >= 4 is 48.7 Å². The molecular formula is C20H24Cl2N4O6S2. The van der Waals surface area contributed by atoms with Crippen LogP contribution in [-0.4, -0.2) is 74.8 Å². The van der Waals surface area contributed by atoms with Crippen LogP contribution in [0.2, 0.25) is 10.0 Å². The van der Waals surface area contributed by atoms with Crippen LogP contribution >= 0.6 is 23.2 Å². The van der Waals surface area contributed by atoms with Gasteiger partial charge < -0.3 is 10.1 Å². The van der Waals surface area contributed by atoms with Crippen molar-refractivity contribution < 1.29 is 21.6 Å². The molecule has 4 rings (SSSR count). The molecule has 14 heteroatoms. The number of nitrogens with zero attached hydrogens (tertiary/aromatic N) is 3. The summed E-state index contributed by atoms with van der Waals surface area (Å²) in [6.45, 7) is 0.752. The summed E-state index contributed by atoms with van der Waals surface area (Å²) in [6, 6.07) is 5.67. The van der Waals surface area contributed by atoms with Gasteiger partial charge in [-0.1, -0.05) is 23.2 Å². The zero-order valence-corrected chi connectivity index (χ0v) is 21.2. The molecule has 34 heavy (non-hydrogen) atoms. The van der Waals surface area contributed by atoms with Crippen molar-refractivity contribution in [1.82, 2.24) is 14.1 Å². The Morgan fingerprint density at radius 1 is 1.15 bits per heavy atom. The number of hydrogen-bond donors (Lipinski definition) is 1. The monoisotopic (exact) mass is 550 g/mol. The van der Waals surface area contributed by atoms with Gasteiger partial charge in [0.15, 0.2) is 9.84 Å². The van der Waals surface area contributed by atoms with Gasteiger partial charge in [0, 0.05) is 24.7 Å². The zero-order chi connectivity index (χ0) is 24.5. The molecule has 0 saturated carbocycles. The molecule has 0 bridgehead atoms. The van der Waals surface area contributed by atoms with Crippen LogP contribution in [0.25, 0.3) is 0 Å². The molecule has 1 N–H and O–H groups in total. The van der Waals surface area contributed by atoms with Gasteiger partial charge in [0.05, 0.1) is 41.8 Å². The second kappa shape index (κ2) is 10.1. The number of sulfonamides is 1. The normalized spacial score (nSPS) is 21.9. The Labute approximate surface area is 207 Å². The van der Waals surface area contributed by atoms with Crippen molar-refractivity contribution in [3.8, 4) is 0 Å². The fraction of sp³-hybridized carbons (Fsp3) is 0.500. The van der Waals surface area contributed by atoms with E-state index in [9.17, 15) is 21.6 Å². The number of hydrogen-bond acceptors (Lipinski definition) is 8. The van der Waals surface area contributed by atoms with Crippen molar-refractivity contribution in [3.05, 3.63) is 50.9 Å². The number of rotatable bonds is 6. The molecule has 10 nitrogen and oxygen atoms in total. The van der Waals surface area contributed by atoms with Crippen LogP contribution < -0.4 is 10.9 Å². The average Bonchev–Trinajstić information content (AvgIpc) is 2.81. The highest BCUT2D eigenvalue weighted by molar-refractivity contribution is 7.92. The Balaban J connectivity index is 1.42. The topological polar surface area (TPSA) is 128 Å². The van der Waals surface area contributed by atoms with E-state index in [1.54, 1.807) is 0 Å². The number of aromatic nitrogens is 2. The molecule has 1 aromatic carbocycles. The van der Waals surface area contributed by atoms with Gasteiger partial charge in [-0.05, 0) is 37.1 Å². The highest BCUT2D eigenvalue weighted by Gasteiger charge is 2.32. The Kier molecular flexibility index (Phi) is 7.56. The Hall–Kier alpha value is -1.70. The van der Waals surface area contributed by atoms with Crippen molar-refractivity contribution in [1.29, 1.82) is 0 Å². The molecule has 1 atom stereocenters. The minimum absolute atomic E-state index is 0.0423. The first kappa shape index (κ1) is 25.4. The quantitative estimate of drug-likeness (QED) is 0.576. The summed E-state index contributed by atoms with van der Waals surface area (Å²) in [4.78, 5) is 13.0. The third-order valence-electron chi connectivity index (χ3n) is 6.01. The number of anilines is 1. The van der Waals surface area contributed by atoms with E-state index in [0.29, 0.717) is 17.9 Å². The lowest BCUT2D eigenvalue weighted by atomic mass is 10.1. The lowest BCUT2D eigenvalue weighted by molar-refractivity contribution is 0.140. The lowest BCUT2D eigenvalue weighted by Gasteiger charge is -2.31. The Morgan fingerprint density at radius 2 is 1.82 bits per heavy atom. The van der Waals surface area contributed by atoms with Gasteiger partial charge in [-0.3, -0.25) is 4.79 Å². The average molecular weight is 551 g/mol. The van der Waals surface area contributed by atoms with Crippen molar-refractivity contribution in [2.75, 3.05) is 43.9 Å². The van der Waals surface area contributed by atoms with Gasteiger partial charge in [0.25, 0.3) is 5.56 Å². The van der Waals surface area contributed by atoms with E-state index >= 15 is 0 Å². The van der Waals surface area contributed by atoms with Gasteiger partial charge in [0.2, 0.25) is 10.0 Å². The summed E-state index contributed by atoms with van der Waals surface area (Å²) in [6.07, 6.45) is 2.16. The van der Waals surface area contributed by atoms with E-state index in [-0.39, 0.29) is 60.2 Å². The number of nitrogens with one attached hydrogen (secondary N) is 1. The van der Waals surface area contributed by atoms with Gasteiger partial charge >= 0.3 is 0 Å². The van der Waals surface area contributed by atoms with E-state index in [0.717, 1.165) is 0 Å². The largest absolute Gasteiger partial charge is 0.381 e. The smallest absolute Gasteiger partial charge is 0.287 e. The van der Waals surface area contributed by atoms with Crippen molar-refractivity contribution in [3.63, 3.8) is 0 Å². The highest BCUT2D eigenvalue weighted by Crippen LogP contribution is 2.27. The number of ether oxygens (including phenoxy) is 1. The molecule has 1 aromatic heterocycles. The molecular weight excluding hydrogens is 527 g/mol. The third kappa shape index (κ3) is 5.26. The molecule has 2 aromatic rings. The molecule has 2 aliphatic rings. The maximum absolute atomic E-state index is 12.9. The Bertz CT molecular complexity index is 1310. The van der Waals surface area contributed by atoms with Crippen LogP contribution in [-0.2, 0) is 24.6 Å². The van der Waals surface area contributed by atoms with E-state index in [2.05, 4.69) is 10.4 Å². The van der Waals surface area contributed by atoms with Gasteiger partial charge in [-0.2, -0.15) is 9.40 Å². The maximum atomic E-state index is 12.9. The van der Waals surface area contributed by atoms with Gasteiger partial charge in [-0.15, -0.1) is 0 Å². The zero-order valence-electron chi connectivity index (χ0n) is 18.1. The molecule has 0 radical (unpaired) electrons. The first-order valence-corrected chi connectivity index (χ1v) is 14.6. The van der Waals surface area contributed by atoms with Crippen LogP contribution in [0.15, 0.2) is 40.2 Å². The first-order valence-electron chi connectivity index (χ1n) is 10.7. The van der Waals surface area contributed by atoms with Crippen LogP contribution in [0.1, 0.15) is 18.9 Å². The summed E-state index contributed by atoms with van der Waals surface area (Å²) < 4.78 is 57.9. The third-order valence-corrected chi connectivity index (χ3v) is 10.6. The maximum Gasteiger partial charge on any atom is 0.287 e. The van der Waals surface area contributed by atoms with E-state index in [4.69, 9.17) is 27.9 Å². The molecule has 2 aliphatic heterocycles. The van der Waals surface area contributed by atoms with E-state index in [1.165, 1.54) is 39.4 Å². The summed E-state index contributed by atoms with van der Waals surface area (Å²) in [5.74, 6) is -0.0423. The molecule has 3 heterocycles. The minimum Gasteiger partial charge on any atom is -0.381 e. The number of halogens is 2. The summed E-state index contributed by atoms with van der Waals surface area (Å²) in [5, 5.41) is 6.73. The molecule has 186 valence electrons. The molecule has 0 amide bonds. The molecule has 2 fully saturated rings. The van der Waals surface area contributed by atoms with E-state index in [1.807, 2.05) is 0 Å². The standard InChI is InChI=1S/C20H24Cl2N4O6S2/c21-14-1-3-16(4-2-14)34(30,31)25-7-5-15(6-8-25)26-20(27)19(22)18(12-24-26)23-11-17-13-32-9-10-33(17,28)29/h1-4,12,15,17,23H,5-11,13H2/t17-/m0/s1. The summed E-state index contributed by atoms with van der Waals surface area (Å²) in [5.41, 5.74) is -0.278. The number of piperidine rings is 1. The molecule has 2 saturated heterocycles. The fourth-order valence-corrected chi connectivity index (χ4v) is 7.10. The first-order chi connectivity index (χ1) is 16.1. The predicted molar refractivity (Wildman–Crippen MR) is 129 cm³/mol. The van der Waals surface area contributed by atoms with Crippen LogP contribution in [0.3, 0.4) is 0 Å². The van der Waals surface area contributed by atoms with Crippen molar-refractivity contribution in [2.45, 2.75) is 29.0 Å². The lowest BCUT2D eigenvalue weighted by Crippen LogP contribution is -2.42. The summed E-state index contributed by atoms with van der Waals surface area (Å²) in [7, 11) is -6.94. The second-order valence-electron chi connectivity index (χ2n) is 8.16. The van der Waals surface area contributed by atoms with Gasteiger partial charge in [-0.25, -0.2) is 21.5 Å². The second-order valence-corrected chi connectivity index (χ2v) is 13.3. The summed E-state index contributed by atoms with van der Waals surface area (Å²) >= 11 is 12.1. The Morgan fingerprint density at radius 3 is 2.47 bits per heavy atom. The SMILES string of the molecule is O=c1c(Cl)c(NC[C@H]2COCCS2(=O)=O)cnn1C1CCN(S(=O)(=O)c2ccc(Cl)cc2)CC1. The van der Waals surface area contributed by atoms with Gasteiger partial charge in [0.1, 0.15) is 10.3 Å². The molecule has 0 unspecified atom stereocenters. The highest BCUT2D eigenvalue weighted by atomic mass is 35.5. The van der Waals surface area contributed by atoms with Crippen LogP contribution in [0.5, 0.6) is 0 Å². The van der Waals surface area contributed by atoms with Crippen LogP contribution in [0, 0.1) is 0 Å². The predicted octanol–water partition coefficient (Wildman–Crippen LogP) is 1.80. The van der Waals surface area contributed by atoms with Crippen LogP contribution in [0.4, 0.5) is 5.69 Å². The van der Waals surface area contributed by atoms with Crippen molar-refractivity contribution in [2.24, 2.45) is 0 Å². The fourth-order valence-electron chi connectivity index (χ4n) is 3.98. The minimum atomic E-state index is -3.67. The molecule has 0 spiro atoms. The number of sulfone groups is 1. The number of benzene rings is 1.